The molecule has 1 aliphatic heterocycles. The van der Waals surface area contributed by atoms with Crippen molar-refractivity contribution in [3.05, 3.63) is 199 Å². The molecule has 0 bridgehead atoms. The number of hydrogen-bond donors (Lipinski definition) is 0. The van der Waals surface area contributed by atoms with E-state index in [1.165, 1.54) is 22.3 Å². The molecule has 0 aliphatic carbocycles. The molecule has 342 valence electrons. The minimum absolute atomic E-state index is 0. The fraction of sp³-hybridized carbons (Fsp3) is 0.197. The van der Waals surface area contributed by atoms with Crippen molar-refractivity contribution in [2.24, 2.45) is 0 Å². The SMILES string of the molecule is CC(C)(C)c1cc(C#N)cc(-c2ccc3c(c2)c2ccc(Oc4[c-]c(N5[CH-]N(c6cc(-c7ccccc7)cc(C(C)(C)C)c6)c6ccccc65)ccc4)[c-]c2n3-c2cc(C(C)(C)C)ccn2)c1.[Pt]. The second-order valence-electron chi connectivity index (χ2n) is 20.7. The maximum Gasteiger partial charge on any atom is 0.135 e. The number of nitriles is 1. The van der Waals surface area contributed by atoms with Crippen molar-refractivity contribution in [3.63, 3.8) is 0 Å². The zero-order valence-electron chi connectivity index (χ0n) is 40.0. The van der Waals surface area contributed by atoms with E-state index < -0.39 is 0 Å². The van der Waals surface area contributed by atoms with Gasteiger partial charge in [0.15, 0.2) is 0 Å². The average Bonchev–Trinajstić information content (AvgIpc) is 3.86. The van der Waals surface area contributed by atoms with Crippen molar-refractivity contribution in [2.75, 3.05) is 9.80 Å². The number of para-hydroxylation sites is 2. The van der Waals surface area contributed by atoms with Crippen molar-refractivity contribution >= 4 is 44.6 Å². The minimum Gasteiger partial charge on any atom is -0.509 e. The van der Waals surface area contributed by atoms with Crippen LogP contribution in [0.5, 0.6) is 11.5 Å². The van der Waals surface area contributed by atoms with E-state index in [0.717, 1.165) is 67.1 Å². The van der Waals surface area contributed by atoms with Gasteiger partial charge in [-0.1, -0.05) is 135 Å². The van der Waals surface area contributed by atoms with Gasteiger partial charge in [0.2, 0.25) is 0 Å². The van der Waals surface area contributed by atoms with Crippen LogP contribution in [0.4, 0.5) is 22.7 Å². The van der Waals surface area contributed by atoms with Crippen molar-refractivity contribution in [3.8, 4) is 45.6 Å². The van der Waals surface area contributed by atoms with Crippen LogP contribution in [0.1, 0.15) is 84.6 Å². The van der Waals surface area contributed by atoms with Crippen LogP contribution in [0.25, 0.3) is 49.9 Å². The van der Waals surface area contributed by atoms with Crippen LogP contribution in [0.15, 0.2) is 158 Å². The third-order valence-corrected chi connectivity index (χ3v) is 12.8. The van der Waals surface area contributed by atoms with E-state index in [4.69, 9.17) is 9.72 Å². The van der Waals surface area contributed by atoms with Crippen LogP contribution >= 0.6 is 0 Å². The van der Waals surface area contributed by atoms with Gasteiger partial charge in [-0.25, -0.2) is 4.98 Å². The summed E-state index contributed by atoms with van der Waals surface area (Å²) in [6.45, 7) is 22.1. The van der Waals surface area contributed by atoms with Crippen molar-refractivity contribution in [1.82, 2.24) is 9.55 Å². The second kappa shape index (κ2) is 17.6. The number of fused-ring (bicyclic) bond motifs is 4. The Balaban J connectivity index is 0.00000578. The molecular weight excluding hydrogens is 1010 g/mol. The first-order chi connectivity index (χ1) is 32.0. The molecule has 0 spiro atoms. The van der Waals surface area contributed by atoms with Gasteiger partial charge in [0, 0.05) is 61.3 Å². The molecule has 7 aromatic carbocycles. The Morgan fingerprint density at radius 3 is 1.91 bits per heavy atom. The molecule has 2 aromatic heterocycles. The predicted molar refractivity (Wildman–Crippen MR) is 276 cm³/mol. The number of ether oxygens (including phenoxy) is 1. The number of benzene rings is 7. The molecule has 0 atom stereocenters. The van der Waals surface area contributed by atoms with E-state index in [1.54, 1.807) is 0 Å². The number of anilines is 4. The molecule has 0 radical (unpaired) electrons. The fourth-order valence-corrected chi connectivity index (χ4v) is 8.95. The molecule has 9 aromatic rings. The zero-order valence-corrected chi connectivity index (χ0v) is 42.3. The Morgan fingerprint density at radius 1 is 0.544 bits per heavy atom. The standard InChI is InChI=1S/C61H54N5O.Pt/c1-59(2,3)45-26-27-63-58(35-45)66-54-25-22-42(43-28-40(38-62)29-46(30-43)60(4,5)6)33-53(54)52-24-23-51(37-57(52)66)67-50-19-15-18-48(36-50)64-39-65(56-21-14-13-20-55(56)64)49-32-44(41-16-11-10-12-17-41)31-47(34-49)61(7,8)9;/h10-35,39H,1-9H3;/q-3;. The molecule has 6 nitrogen and oxygen atoms in total. The third-order valence-electron chi connectivity index (χ3n) is 12.8. The molecule has 0 saturated heterocycles. The van der Waals surface area contributed by atoms with Gasteiger partial charge in [-0.15, -0.1) is 48.1 Å². The van der Waals surface area contributed by atoms with Crippen LogP contribution < -0.4 is 14.5 Å². The summed E-state index contributed by atoms with van der Waals surface area (Å²) in [5.41, 5.74) is 14.3. The summed E-state index contributed by atoms with van der Waals surface area (Å²) >= 11 is 0. The molecule has 0 N–H and O–H groups in total. The fourth-order valence-electron chi connectivity index (χ4n) is 8.95. The molecule has 0 amide bonds. The predicted octanol–water partition coefficient (Wildman–Crippen LogP) is 16.1. The van der Waals surface area contributed by atoms with E-state index >= 15 is 0 Å². The summed E-state index contributed by atoms with van der Waals surface area (Å²) in [6, 6.07) is 62.8. The number of aromatic nitrogens is 2. The van der Waals surface area contributed by atoms with Crippen molar-refractivity contribution in [1.29, 1.82) is 5.26 Å². The first-order valence-corrected chi connectivity index (χ1v) is 23.0. The number of nitrogens with zero attached hydrogens (tertiary/aromatic N) is 5. The van der Waals surface area contributed by atoms with Gasteiger partial charge >= 0.3 is 0 Å². The zero-order chi connectivity index (χ0) is 46.8. The van der Waals surface area contributed by atoms with E-state index in [-0.39, 0.29) is 37.3 Å². The van der Waals surface area contributed by atoms with E-state index in [1.807, 2.05) is 36.5 Å². The normalized spacial score (nSPS) is 12.8. The molecular formula is C61H54N5OPt-3. The van der Waals surface area contributed by atoms with Gasteiger partial charge < -0.3 is 19.1 Å². The molecule has 3 heterocycles. The summed E-state index contributed by atoms with van der Waals surface area (Å²) in [6.07, 6.45) is 1.89. The van der Waals surface area contributed by atoms with Gasteiger partial charge in [0.05, 0.1) is 11.6 Å². The number of pyridine rings is 1. The van der Waals surface area contributed by atoms with Crippen LogP contribution in [-0.4, -0.2) is 9.55 Å². The molecule has 1 aliphatic rings. The van der Waals surface area contributed by atoms with Gasteiger partial charge in [-0.3, -0.25) is 0 Å². The Hall–Kier alpha value is -6.93. The monoisotopic (exact) mass is 1070 g/mol. The van der Waals surface area contributed by atoms with E-state index in [9.17, 15) is 5.26 Å². The Kier molecular flexibility index (Phi) is 12.0. The van der Waals surface area contributed by atoms with E-state index in [2.05, 4.69) is 223 Å². The van der Waals surface area contributed by atoms with Crippen molar-refractivity contribution in [2.45, 2.75) is 78.6 Å². The van der Waals surface area contributed by atoms with Crippen molar-refractivity contribution < 1.29 is 25.8 Å². The topological polar surface area (TPSA) is 57.3 Å². The second-order valence-corrected chi connectivity index (χ2v) is 20.7. The summed E-state index contributed by atoms with van der Waals surface area (Å²) in [5.74, 6) is 1.94. The van der Waals surface area contributed by atoms with Crippen LogP contribution in [-0.2, 0) is 37.3 Å². The van der Waals surface area contributed by atoms with Gasteiger partial charge in [-0.05, 0) is 115 Å². The molecule has 0 fully saturated rings. The number of hydrogen-bond acceptors (Lipinski definition) is 5. The Bertz CT molecular complexity index is 3400. The molecule has 7 heteroatoms. The summed E-state index contributed by atoms with van der Waals surface area (Å²) < 4.78 is 8.89. The maximum absolute atomic E-state index is 10.0. The molecule has 0 unspecified atom stereocenters. The maximum atomic E-state index is 10.0. The molecule has 0 saturated carbocycles. The van der Waals surface area contributed by atoms with Gasteiger partial charge in [0.25, 0.3) is 0 Å². The third kappa shape index (κ3) is 8.84. The smallest absolute Gasteiger partial charge is 0.135 e. The Morgan fingerprint density at radius 2 is 1.21 bits per heavy atom. The molecule has 68 heavy (non-hydrogen) atoms. The molecule has 10 rings (SSSR count). The summed E-state index contributed by atoms with van der Waals surface area (Å²) in [7, 11) is 0. The van der Waals surface area contributed by atoms with Crippen LogP contribution in [0, 0.1) is 30.1 Å². The largest absolute Gasteiger partial charge is 0.509 e. The first kappa shape index (κ1) is 46.2. The summed E-state index contributed by atoms with van der Waals surface area (Å²) in [4.78, 5) is 9.39. The number of rotatable bonds is 7. The minimum atomic E-state index is -0.114. The van der Waals surface area contributed by atoms with Gasteiger partial charge in [0.1, 0.15) is 5.82 Å². The average molecular weight is 1070 g/mol. The summed E-state index contributed by atoms with van der Waals surface area (Å²) in [5, 5.41) is 12.1. The van der Waals surface area contributed by atoms with Crippen LogP contribution in [0.2, 0.25) is 0 Å². The van der Waals surface area contributed by atoms with Crippen LogP contribution in [0.3, 0.4) is 0 Å². The van der Waals surface area contributed by atoms with Gasteiger partial charge in [-0.2, -0.15) is 17.4 Å². The first-order valence-electron chi connectivity index (χ1n) is 23.0. The Labute approximate surface area is 415 Å². The van der Waals surface area contributed by atoms with E-state index in [0.29, 0.717) is 17.1 Å². The quantitative estimate of drug-likeness (QED) is 0.149.